The first-order valence-electron chi connectivity index (χ1n) is 7.27. The number of benzene rings is 1. The lowest BCUT2D eigenvalue weighted by molar-refractivity contribution is -0.143. The van der Waals surface area contributed by atoms with Gasteiger partial charge in [-0.25, -0.2) is 4.79 Å². The Kier molecular flexibility index (Phi) is 3.91. The molecule has 1 fully saturated rings. The summed E-state index contributed by atoms with van der Waals surface area (Å²) in [5, 5.41) is 12.8. The van der Waals surface area contributed by atoms with Gasteiger partial charge in [0, 0.05) is 18.5 Å². The van der Waals surface area contributed by atoms with Gasteiger partial charge in [-0.3, -0.25) is 9.78 Å². The molecule has 2 N–H and O–H groups in total. The van der Waals surface area contributed by atoms with Crippen LogP contribution in [0.4, 0.5) is 10.5 Å². The average molecular weight is 299 g/mol. The molecular weight excluding hydrogens is 282 g/mol. The van der Waals surface area contributed by atoms with Crippen molar-refractivity contribution < 1.29 is 14.7 Å². The van der Waals surface area contributed by atoms with Gasteiger partial charge >= 0.3 is 12.0 Å². The second-order valence-corrected chi connectivity index (χ2v) is 5.45. The van der Waals surface area contributed by atoms with E-state index in [9.17, 15) is 9.59 Å². The normalized spacial score (nSPS) is 15.7. The minimum atomic E-state index is -0.779. The monoisotopic (exact) mass is 299 g/mol. The van der Waals surface area contributed by atoms with E-state index in [1.54, 1.807) is 11.1 Å². The van der Waals surface area contributed by atoms with E-state index in [0.29, 0.717) is 31.6 Å². The van der Waals surface area contributed by atoms with Gasteiger partial charge < -0.3 is 15.3 Å². The fraction of sp³-hybridized carbons (Fsp3) is 0.312. The fourth-order valence-electron chi connectivity index (χ4n) is 2.67. The minimum Gasteiger partial charge on any atom is -0.481 e. The maximum absolute atomic E-state index is 12.2. The highest BCUT2D eigenvalue weighted by atomic mass is 16.4. The number of aromatic nitrogens is 1. The molecule has 2 aromatic rings. The SMILES string of the molecule is O=C(O)C1CCN(C(=O)Nc2cnc3ccccc3c2)CC1. The summed E-state index contributed by atoms with van der Waals surface area (Å²) >= 11 is 0. The molecule has 1 aliphatic heterocycles. The number of nitrogens with one attached hydrogen (secondary N) is 1. The van der Waals surface area contributed by atoms with Crippen molar-refractivity contribution in [3.8, 4) is 0 Å². The summed E-state index contributed by atoms with van der Waals surface area (Å²) < 4.78 is 0. The highest BCUT2D eigenvalue weighted by Gasteiger charge is 2.26. The molecule has 6 heteroatoms. The number of rotatable bonds is 2. The molecule has 22 heavy (non-hydrogen) atoms. The number of likely N-dealkylation sites (tertiary alicyclic amines) is 1. The van der Waals surface area contributed by atoms with Gasteiger partial charge in [-0.15, -0.1) is 0 Å². The standard InChI is InChI=1S/C16H17N3O3/c20-15(21)11-5-7-19(8-6-11)16(22)18-13-9-12-3-1-2-4-14(12)17-10-13/h1-4,9-11H,5-8H2,(H,18,22)(H,20,21). The molecule has 6 nitrogen and oxygen atoms in total. The number of aliphatic carboxylic acids is 1. The lowest BCUT2D eigenvalue weighted by Gasteiger charge is -2.30. The van der Waals surface area contributed by atoms with Crippen molar-refractivity contribution in [1.82, 2.24) is 9.88 Å². The van der Waals surface area contributed by atoms with Crippen LogP contribution in [0, 0.1) is 5.92 Å². The summed E-state index contributed by atoms with van der Waals surface area (Å²) in [6, 6.07) is 9.37. The van der Waals surface area contributed by atoms with Crippen molar-refractivity contribution in [3.05, 3.63) is 36.5 Å². The first-order valence-corrected chi connectivity index (χ1v) is 7.27. The highest BCUT2D eigenvalue weighted by molar-refractivity contribution is 5.92. The van der Waals surface area contributed by atoms with E-state index in [-0.39, 0.29) is 11.9 Å². The van der Waals surface area contributed by atoms with Crippen LogP contribution >= 0.6 is 0 Å². The van der Waals surface area contributed by atoms with E-state index < -0.39 is 5.97 Å². The fourth-order valence-corrected chi connectivity index (χ4v) is 2.67. The number of carboxylic acids is 1. The Morgan fingerprint density at radius 1 is 1.23 bits per heavy atom. The number of piperidine rings is 1. The molecule has 3 rings (SSSR count). The summed E-state index contributed by atoms with van der Waals surface area (Å²) in [5.74, 6) is -1.12. The van der Waals surface area contributed by atoms with Crippen LogP contribution in [0.5, 0.6) is 0 Å². The summed E-state index contributed by atoms with van der Waals surface area (Å²) in [7, 11) is 0. The smallest absolute Gasteiger partial charge is 0.321 e. The Morgan fingerprint density at radius 2 is 1.95 bits per heavy atom. The van der Waals surface area contributed by atoms with Crippen molar-refractivity contribution in [3.63, 3.8) is 0 Å². The Labute approximate surface area is 127 Å². The maximum atomic E-state index is 12.2. The molecule has 0 bridgehead atoms. The number of fused-ring (bicyclic) bond motifs is 1. The molecule has 0 saturated carbocycles. The van der Waals surface area contributed by atoms with Gasteiger partial charge in [0.2, 0.25) is 0 Å². The van der Waals surface area contributed by atoms with E-state index >= 15 is 0 Å². The zero-order valence-corrected chi connectivity index (χ0v) is 12.0. The number of carbonyl (C=O) groups excluding carboxylic acids is 1. The number of carboxylic acid groups (broad SMARTS) is 1. The topological polar surface area (TPSA) is 82.5 Å². The van der Waals surface area contributed by atoms with Gasteiger partial charge in [-0.1, -0.05) is 18.2 Å². The predicted molar refractivity (Wildman–Crippen MR) is 82.7 cm³/mol. The van der Waals surface area contributed by atoms with Crippen LogP contribution in [0.1, 0.15) is 12.8 Å². The Balaban J connectivity index is 1.65. The van der Waals surface area contributed by atoms with Crippen LogP contribution in [-0.2, 0) is 4.79 Å². The van der Waals surface area contributed by atoms with Crippen molar-refractivity contribution in [2.24, 2.45) is 5.92 Å². The third-order valence-electron chi connectivity index (χ3n) is 3.97. The first kappa shape index (κ1) is 14.3. The number of nitrogens with zero attached hydrogens (tertiary/aromatic N) is 2. The minimum absolute atomic E-state index is 0.207. The van der Waals surface area contributed by atoms with E-state index in [4.69, 9.17) is 5.11 Å². The number of pyridine rings is 1. The summed E-state index contributed by atoms with van der Waals surface area (Å²) in [5.41, 5.74) is 1.52. The predicted octanol–water partition coefficient (Wildman–Crippen LogP) is 2.56. The van der Waals surface area contributed by atoms with Crippen LogP contribution in [0.15, 0.2) is 36.5 Å². The van der Waals surface area contributed by atoms with Crippen molar-refractivity contribution >= 4 is 28.6 Å². The molecule has 0 aliphatic carbocycles. The van der Waals surface area contributed by atoms with Crippen LogP contribution in [-0.4, -0.2) is 40.1 Å². The number of carbonyl (C=O) groups is 2. The largest absolute Gasteiger partial charge is 0.481 e. The zero-order valence-electron chi connectivity index (χ0n) is 12.0. The van der Waals surface area contributed by atoms with Gasteiger partial charge in [0.25, 0.3) is 0 Å². The molecular formula is C16H17N3O3. The first-order chi connectivity index (χ1) is 10.6. The second kappa shape index (κ2) is 6.01. The van der Waals surface area contributed by atoms with Crippen LogP contribution in [0.3, 0.4) is 0 Å². The number of amides is 2. The van der Waals surface area contributed by atoms with Crippen LogP contribution < -0.4 is 5.32 Å². The van der Waals surface area contributed by atoms with Gasteiger partial charge in [0.15, 0.2) is 0 Å². The van der Waals surface area contributed by atoms with Crippen molar-refractivity contribution in [2.75, 3.05) is 18.4 Å². The average Bonchev–Trinajstić information content (AvgIpc) is 2.55. The van der Waals surface area contributed by atoms with Crippen molar-refractivity contribution in [1.29, 1.82) is 0 Å². The molecule has 1 saturated heterocycles. The van der Waals surface area contributed by atoms with Crippen LogP contribution in [0.2, 0.25) is 0 Å². The highest BCUT2D eigenvalue weighted by Crippen LogP contribution is 2.20. The molecule has 0 atom stereocenters. The number of hydrogen-bond donors (Lipinski definition) is 2. The summed E-state index contributed by atoms with van der Waals surface area (Å²) in [6.45, 7) is 0.924. The second-order valence-electron chi connectivity index (χ2n) is 5.45. The number of hydrogen-bond acceptors (Lipinski definition) is 3. The lowest BCUT2D eigenvalue weighted by atomic mass is 9.97. The molecule has 0 unspecified atom stereocenters. The molecule has 1 aliphatic rings. The Morgan fingerprint density at radius 3 is 2.68 bits per heavy atom. The third-order valence-corrected chi connectivity index (χ3v) is 3.97. The quantitative estimate of drug-likeness (QED) is 0.892. The van der Waals surface area contributed by atoms with Gasteiger partial charge in [-0.05, 0) is 25.0 Å². The number of urea groups is 1. The zero-order chi connectivity index (χ0) is 15.5. The molecule has 2 amide bonds. The molecule has 0 spiro atoms. The molecule has 114 valence electrons. The van der Waals surface area contributed by atoms with E-state index in [1.807, 2.05) is 30.3 Å². The van der Waals surface area contributed by atoms with E-state index in [1.165, 1.54) is 0 Å². The number of para-hydroxylation sites is 1. The molecule has 2 heterocycles. The number of anilines is 1. The molecule has 0 radical (unpaired) electrons. The van der Waals surface area contributed by atoms with Gasteiger partial charge in [0.05, 0.1) is 23.3 Å². The van der Waals surface area contributed by atoms with Gasteiger partial charge in [0.1, 0.15) is 0 Å². The lowest BCUT2D eigenvalue weighted by Crippen LogP contribution is -2.42. The van der Waals surface area contributed by atoms with E-state index in [2.05, 4.69) is 10.3 Å². The van der Waals surface area contributed by atoms with E-state index in [0.717, 1.165) is 10.9 Å². The molecule has 1 aromatic carbocycles. The van der Waals surface area contributed by atoms with Gasteiger partial charge in [-0.2, -0.15) is 0 Å². The summed E-state index contributed by atoms with van der Waals surface area (Å²) in [6.07, 6.45) is 2.63. The Hall–Kier alpha value is -2.63. The maximum Gasteiger partial charge on any atom is 0.321 e. The summed E-state index contributed by atoms with van der Waals surface area (Å²) in [4.78, 5) is 29.1. The third kappa shape index (κ3) is 3.00. The Bertz CT molecular complexity index is 709. The van der Waals surface area contributed by atoms with Crippen molar-refractivity contribution in [2.45, 2.75) is 12.8 Å². The molecule has 1 aromatic heterocycles. The van der Waals surface area contributed by atoms with Crippen LogP contribution in [0.25, 0.3) is 10.9 Å².